The molecule has 3 aromatic rings. The minimum atomic E-state index is -0.0838. The summed E-state index contributed by atoms with van der Waals surface area (Å²) in [6.07, 6.45) is 0. The van der Waals surface area contributed by atoms with E-state index in [2.05, 4.69) is 38.2 Å². The molecule has 0 aliphatic carbocycles. The van der Waals surface area contributed by atoms with Crippen LogP contribution >= 0.6 is 11.3 Å². The number of amides is 2. The van der Waals surface area contributed by atoms with Gasteiger partial charge in [-0.15, -0.1) is 11.3 Å². The van der Waals surface area contributed by atoms with Crippen molar-refractivity contribution in [3.63, 3.8) is 0 Å². The van der Waals surface area contributed by atoms with Crippen LogP contribution in [-0.4, -0.2) is 51.6 Å². The maximum absolute atomic E-state index is 12.8. The third kappa shape index (κ3) is 3.45. The van der Waals surface area contributed by atoms with Gasteiger partial charge in [0.15, 0.2) is 10.6 Å². The van der Waals surface area contributed by atoms with Crippen LogP contribution in [0.2, 0.25) is 0 Å². The Bertz CT molecular complexity index is 1030. The van der Waals surface area contributed by atoms with Gasteiger partial charge in [-0.3, -0.25) is 0 Å². The number of piperazine rings is 1. The second-order valence-electron chi connectivity index (χ2n) is 7.15. The van der Waals surface area contributed by atoms with Gasteiger partial charge in [0, 0.05) is 31.4 Å². The average Bonchev–Trinajstić information content (AvgIpc) is 3.11. The highest BCUT2D eigenvalue weighted by Crippen LogP contribution is 2.29. The first-order valence-electron chi connectivity index (χ1n) is 9.19. The predicted octanol–water partition coefficient (Wildman–Crippen LogP) is 3.03. The molecule has 0 unspecified atom stereocenters. The minimum Gasteiger partial charge on any atom is -0.368 e. The van der Waals surface area contributed by atoms with Crippen LogP contribution < -0.4 is 16.0 Å². The van der Waals surface area contributed by atoms with Gasteiger partial charge in [0.1, 0.15) is 5.52 Å². The van der Waals surface area contributed by atoms with Crippen molar-refractivity contribution >= 4 is 45.2 Å². The Hall–Kier alpha value is -2.94. The van der Waals surface area contributed by atoms with E-state index >= 15 is 0 Å². The summed E-state index contributed by atoms with van der Waals surface area (Å²) >= 11 is 1.45. The number of nitrogens with one attached hydrogen (secondary N) is 1. The van der Waals surface area contributed by atoms with Gasteiger partial charge in [-0.1, -0.05) is 17.7 Å². The van der Waals surface area contributed by atoms with Crippen LogP contribution in [0.3, 0.4) is 0 Å². The molecule has 9 heteroatoms. The number of aromatic nitrogens is 3. The Morgan fingerprint density at radius 2 is 2.11 bits per heavy atom. The fraction of sp³-hybridized carbons (Fsp3) is 0.368. The van der Waals surface area contributed by atoms with Gasteiger partial charge < -0.3 is 20.9 Å². The summed E-state index contributed by atoms with van der Waals surface area (Å²) in [4.78, 5) is 30.6. The number of hydrogen-bond acceptors (Lipinski definition) is 7. The zero-order valence-electron chi connectivity index (χ0n) is 16.1. The maximum atomic E-state index is 12.8. The molecule has 1 atom stereocenters. The molecule has 28 heavy (non-hydrogen) atoms. The Morgan fingerprint density at radius 1 is 1.29 bits per heavy atom. The van der Waals surface area contributed by atoms with Gasteiger partial charge in [-0.2, -0.15) is 4.98 Å². The van der Waals surface area contributed by atoms with E-state index in [1.807, 2.05) is 30.9 Å². The van der Waals surface area contributed by atoms with Crippen LogP contribution in [0.1, 0.15) is 18.1 Å². The summed E-state index contributed by atoms with van der Waals surface area (Å²) in [5.74, 6) is 0.986. The Balaban J connectivity index is 1.49. The number of nitrogens with zero attached hydrogens (tertiary/aromatic N) is 5. The van der Waals surface area contributed by atoms with Crippen LogP contribution in [0.5, 0.6) is 0 Å². The number of thiazole rings is 1. The van der Waals surface area contributed by atoms with Crippen LogP contribution in [0, 0.1) is 13.8 Å². The first-order chi connectivity index (χ1) is 13.4. The molecule has 1 aliphatic heterocycles. The molecular formula is C19H23N7OS. The summed E-state index contributed by atoms with van der Waals surface area (Å²) < 4.78 is 0. The molecule has 1 fully saturated rings. The molecule has 3 heterocycles. The first kappa shape index (κ1) is 18.4. The number of aryl methyl sites for hydroxylation is 2. The van der Waals surface area contributed by atoms with Crippen molar-refractivity contribution in [1.82, 2.24) is 19.9 Å². The van der Waals surface area contributed by atoms with Crippen molar-refractivity contribution in [1.29, 1.82) is 0 Å². The maximum Gasteiger partial charge on any atom is 0.321 e. The van der Waals surface area contributed by atoms with Gasteiger partial charge in [0.05, 0.1) is 5.51 Å². The number of carbonyl (C=O) groups is 1. The Morgan fingerprint density at radius 3 is 2.86 bits per heavy atom. The molecule has 1 aliphatic rings. The van der Waals surface area contributed by atoms with E-state index in [0.29, 0.717) is 19.6 Å². The average molecular weight is 398 g/mol. The topological polar surface area (TPSA) is 100 Å². The lowest BCUT2D eigenvalue weighted by Crippen LogP contribution is -2.55. The van der Waals surface area contributed by atoms with Gasteiger partial charge >= 0.3 is 6.03 Å². The number of nitrogens with two attached hydrogens (primary N) is 1. The number of carbonyl (C=O) groups excluding carboxylic acids is 1. The molecule has 1 aromatic carbocycles. The second-order valence-corrected chi connectivity index (χ2v) is 7.98. The van der Waals surface area contributed by atoms with Crippen LogP contribution in [-0.2, 0) is 0 Å². The van der Waals surface area contributed by atoms with E-state index in [1.165, 1.54) is 16.9 Å². The SMILES string of the molecule is Cc1ccc(NC(=O)N2CCN(c3nc(N)nc4scnc34)[C@H](C)C2)c(C)c1. The monoisotopic (exact) mass is 397 g/mol. The molecule has 2 amide bonds. The Labute approximate surface area is 167 Å². The number of nitrogen functional groups attached to an aromatic ring is 1. The molecule has 146 valence electrons. The van der Waals surface area contributed by atoms with Crippen molar-refractivity contribution in [2.75, 3.05) is 35.6 Å². The van der Waals surface area contributed by atoms with E-state index in [0.717, 1.165) is 27.4 Å². The summed E-state index contributed by atoms with van der Waals surface area (Å²) in [7, 11) is 0. The number of benzene rings is 1. The normalized spacial score (nSPS) is 17.2. The van der Waals surface area contributed by atoms with Gasteiger partial charge in [-0.05, 0) is 32.4 Å². The summed E-state index contributed by atoms with van der Waals surface area (Å²) in [6, 6.07) is 6.01. The van der Waals surface area contributed by atoms with Crippen LogP contribution in [0.15, 0.2) is 23.7 Å². The highest BCUT2D eigenvalue weighted by molar-refractivity contribution is 7.16. The van der Waals surface area contributed by atoms with E-state index in [1.54, 1.807) is 5.51 Å². The summed E-state index contributed by atoms with van der Waals surface area (Å²) in [6.45, 7) is 7.96. The molecular weight excluding hydrogens is 374 g/mol. The number of fused-ring (bicyclic) bond motifs is 1. The third-order valence-corrected chi connectivity index (χ3v) is 5.73. The standard InChI is InChI=1S/C19H23N7OS/c1-11-4-5-14(12(2)8-11)22-19(27)25-6-7-26(13(3)9-25)16-15-17(28-10-21-15)24-18(20)23-16/h4-5,8,10,13H,6-7,9H2,1-3H3,(H,22,27)(H2,20,23,24)/t13-/m1/s1. The molecule has 1 saturated heterocycles. The zero-order chi connectivity index (χ0) is 19.8. The van der Waals surface area contributed by atoms with Gasteiger partial charge in [0.25, 0.3) is 0 Å². The van der Waals surface area contributed by atoms with Crippen LogP contribution in [0.4, 0.5) is 22.2 Å². The van der Waals surface area contributed by atoms with Crippen molar-refractivity contribution in [3.05, 3.63) is 34.8 Å². The fourth-order valence-electron chi connectivity index (χ4n) is 3.57. The van der Waals surface area contributed by atoms with Crippen molar-refractivity contribution < 1.29 is 4.79 Å². The minimum absolute atomic E-state index is 0.0813. The Kier molecular flexibility index (Phi) is 4.76. The molecule has 3 N–H and O–H groups in total. The fourth-order valence-corrected chi connectivity index (χ4v) is 4.23. The third-order valence-electron chi connectivity index (χ3n) is 5.01. The largest absolute Gasteiger partial charge is 0.368 e. The van der Waals surface area contributed by atoms with Gasteiger partial charge in [-0.25, -0.2) is 14.8 Å². The number of anilines is 3. The van der Waals surface area contributed by atoms with E-state index in [-0.39, 0.29) is 18.0 Å². The quantitative estimate of drug-likeness (QED) is 0.689. The molecule has 0 spiro atoms. The second kappa shape index (κ2) is 7.23. The van der Waals surface area contributed by atoms with E-state index < -0.39 is 0 Å². The van der Waals surface area contributed by atoms with Crippen molar-refractivity contribution in [3.8, 4) is 0 Å². The lowest BCUT2D eigenvalue weighted by Gasteiger charge is -2.40. The summed E-state index contributed by atoms with van der Waals surface area (Å²) in [5, 5.41) is 3.03. The molecule has 4 rings (SSSR count). The van der Waals surface area contributed by atoms with Crippen LogP contribution in [0.25, 0.3) is 10.3 Å². The first-order valence-corrected chi connectivity index (χ1v) is 10.1. The number of hydrogen-bond donors (Lipinski definition) is 2. The van der Waals surface area contributed by atoms with Gasteiger partial charge in [0.2, 0.25) is 5.95 Å². The van der Waals surface area contributed by atoms with Crippen molar-refractivity contribution in [2.45, 2.75) is 26.8 Å². The molecule has 2 aromatic heterocycles. The summed E-state index contributed by atoms with van der Waals surface area (Å²) in [5.41, 5.74) is 11.5. The smallest absolute Gasteiger partial charge is 0.321 e. The highest BCUT2D eigenvalue weighted by Gasteiger charge is 2.29. The number of rotatable bonds is 2. The number of urea groups is 1. The van der Waals surface area contributed by atoms with Crippen molar-refractivity contribution in [2.24, 2.45) is 0 Å². The lowest BCUT2D eigenvalue weighted by molar-refractivity contribution is 0.200. The molecule has 0 saturated carbocycles. The molecule has 8 nitrogen and oxygen atoms in total. The van der Waals surface area contributed by atoms with E-state index in [4.69, 9.17) is 5.73 Å². The highest BCUT2D eigenvalue weighted by atomic mass is 32.1. The predicted molar refractivity (Wildman–Crippen MR) is 113 cm³/mol. The lowest BCUT2D eigenvalue weighted by atomic mass is 10.1. The molecule has 0 bridgehead atoms. The molecule has 0 radical (unpaired) electrons. The zero-order valence-corrected chi connectivity index (χ0v) is 17.0. The van der Waals surface area contributed by atoms with E-state index in [9.17, 15) is 4.79 Å².